The van der Waals surface area contributed by atoms with Crippen molar-refractivity contribution in [1.82, 2.24) is 14.5 Å². The van der Waals surface area contributed by atoms with Gasteiger partial charge in [-0.3, -0.25) is 14.4 Å². The van der Waals surface area contributed by atoms with Crippen molar-refractivity contribution in [2.75, 3.05) is 20.3 Å². The normalized spacial score (nSPS) is 11.1. The van der Waals surface area contributed by atoms with Crippen molar-refractivity contribution in [3.8, 4) is 0 Å². The number of ether oxygens (including phenoxy) is 2. The van der Waals surface area contributed by atoms with Gasteiger partial charge in [-0.1, -0.05) is 12.1 Å². The molecule has 0 aliphatic rings. The van der Waals surface area contributed by atoms with Gasteiger partial charge >= 0.3 is 5.97 Å². The molecule has 0 spiro atoms. The van der Waals surface area contributed by atoms with Crippen molar-refractivity contribution >= 4 is 22.7 Å². The average Bonchev–Trinajstić information content (AvgIpc) is 3.04. The highest BCUT2D eigenvalue weighted by atomic mass is 16.5. The third kappa shape index (κ3) is 5.46. The molecule has 0 saturated heterocycles. The number of aromatic nitrogens is 3. The number of ketones is 1. The molecule has 2 heterocycles. The fourth-order valence-corrected chi connectivity index (χ4v) is 3.56. The summed E-state index contributed by atoms with van der Waals surface area (Å²) in [5, 5.41) is 0.499. The van der Waals surface area contributed by atoms with Crippen LogP contribution in [0.4, 0.5) is 0 Å². The van der Waals surface area contributed by atoms with Crippen LogP contribution < -0.4 is 5.56 Å². The average molecular weight is 425 g/mol. The highest BCUT2D eigenvalue weighted by Gasteiger charge is 2.17. The summed E-state index contributed by atoms with van der Waals surface area (Å²) in [4.78, 5) is 43.8. The van der Waals surface area contributed by atoms with Crippen molar-refractivity contribution < 1.29 is 19.1 Å². The first kappa shape index (κ1) is 22.4. The van der Waals surface area contributed by atoms with Crippen molar-refractivity contribution in [2.24, 2.45) is 0 Å². The first-order valence-corrected chi connectivity index (χ1v) is 10.2. The second-order valence-corrected chi connectivity index (χ2v) is 7.40. The maximum atomic E-state index is 12.6. The first-order valence-electron chi connectivity index (χ1n) is 10.2. The molecule has 0 fully saturated rings. The van der Waals surface area contributed by atoms with Crippen LogP contribution in [0.1, 0.15) is 40.4 Å². The first-order chi connectivity index (χ1) is 14.9. The van der Waals surface area contributed by atoms with E-state index in [0.717, 1.165) is 24.4 Å². The van der Waals surface area contributed by atoms with E-state index >= 15 is 0 Å². The zero-order chi connectivity index (χ0) is 22.4. The number of nitrogens with one attached hydrogen (secondary N) is 1. The molecule has 0 aliphatic carbocycles. The summed E-state index contributed by atoms with van der Waals surface area (Å²) in [6, 6.07) is 8.83. The lowest BCUT2D eigenvalue weighted by Gasteiger charge is -2.09. The minimum Gasteiger partial charge on any atom is -0.457 e. The van der Waals surface area contributed by atoms with Crippen LogP contribution in [0.5, 0.6) is 0 Å². The minimum atomic E-state index is -0.516. The lowest BCUT2D eigenvalue weighted by atomic mass is 10.1. The number of para-hydroxylation sites is 1. The summed E-state index contributed by atoms with van der Waals surface area (Å²) in [5.74, 6) is -0.346. The smallest absolute Gasteiger partial charge is 0.306 e. The number of esters is 1. The number of hydrogen-bond donors (Lipinski definition) is 1. The summed E-state index contributed by atoms with van der Waals surface area (Å²) in [6.07, 6.45) is 1.09. The van der Waals surface area contributed by atoms with E-state index in [2.05, 4.69) is 14.5 Å². The Kier molecular flexibility index (Phi) is 7.36. The molecule has 1 N–H and O–H groups in total. The fourth-order valence-electron chi connectivity index (χ4n) is 3.56. The lowest BCUT2D eigenvalue weighted by Crippen LogP contribution is -2.17. The van der Waals surface area contributed by atoms with Gasteiger partial charge in [0.15, 0.2) is 6.61 Å². The van der Waals surface area contributed by atoms with E-state index in [9.17, 15) is 14.4 Å². The van der Waals surface area contributed by atoms with Crippen molar-refractivity contribution in [3.05, 3.63) is 63.5 Å². The second kappa shape index (κ2) is 10.2. The highest BCUT2D eigenvalue weighted by Crippen LogP contribution is 2.17. The Bertz CT molecular complexity index is 1150. The third-order valence-electron chi connectivity index (χ3n) is 5.20. The largest absolute Gasteiger partial charge is 0.457 e. The Morgan fingerprint density at radius 1 is 1.19 bits per heavy atom. The number of H-pyrrole nitrogens is 1. The van der Waals surface area contributed by atoms with Crippen LogP contribution in [0, 0.1) is 13.8 Å². The Morgan fingerprint density at radius 3 is 2.74 bits per heavy atom. The molecule has 0 aliphatic heterocycles. The Morgan fingerprint density at radius 2 is 1.97 bits per heavy atom. The monoisotopic (exact) mass is 425 g/mol. The number of benzene rings is 1. The predicted molar refractivity (Wildman–Crippen MR) is 116 cm³/mol. The summed E-state index contributed by atoms with van der Waals surface area (Å²) in [6.45, 7) is 4.92. The molecule has 0 radical (unpaired) electrons. The SMILES string of the molecule is COCCCn1c(C)cc(C(=O)COC(=O)CCc2nc3ccccc3c(=O)[nH]2)c1C. The van der Waals surface area contributed by atoms with Crippen molar-refractivity contribution in [1.29, 1.82) is 0 Å². The predicted octanol–water partition coefficient (Wildman–Crippen LogP) is 2.74. The van der Waals surface area contributed by atoms with Crippen LogP contribution in [0.2, 0.25) is 0 Å². The Labute approximate surface area is 180 Å². The van der Waals surface area contributed by atoms with Crippen LogP contribution >= 0.6 is 0 Å². The molecule has 8 nitrogen and oxygen atoms in total. The number of hydrogen-bond acceptors (Lipinski definition) is 6. The molecule has 0 bridgehead atoms. The van der Waals surface area contributed by atoms with Gasteiger partial charge in [-0.25, -0.2) is 4.98 Å². The van der Waals surface area contributed by atoms with Crippen LogP contribution in [0.25, 0.3) is 10.9 Å². The molecule has 0 amide bonds. The molecule has 31 heavy (non-hydrogen) atoms. The van der Waals surface area contributed by atoms with Gasteiger partial charge in [0, 0.05) is 43.6 Å². The topological polar surface area (TPSA) is 103 Å². The molecule has 3 aromatic rings. The zero-order valence-electron chi connectivity index (χ0n) is 18.1. The highest BCUT2D eigenvalue weighted by molar-refractivity contribution is 5.99. The minimum absolute atomic E-state index is 0.0185. The number of aryl methyl sites for hydroxylation is 2. The van der Waals surface area contributed by atoms with Gasteiger partial charge in [0.1, 0.15) is 5.82 Å². The van der Waals surface area contributed by atoms with Gasteiger partial charge in [0.2, 0.25) is 5.78 Å². The fraction of sp³-hybridized carbons (Fsp3) is 0.391. The van der Waals surface area contributed by atoms with E-state index in [1.807, 2.05) is 19.9 Å². The Hall–Kier alpha value is -3.26. The quantitative estimate of drug-likeness (QED) is 0.304. The van der Waals surface area contributed by atoms with E-state index in [-0.39, 0.29) is 30.8 Å². The summed E-state index contributed by atoms with van der Waals surface area (Å²) in [5.41, 5.74) is 2.72. The van der Waals surface area contributed by atoms with E-state index in [0.29, 0.717) is 28.9 Å². The van der Waals surface area contributed by atoms with Gasteiger partial charge in [-0.15, -0.1) is 0 Å². The third-order valence-corrected chi connectivity index (χ3v) is 5.20. The van der Waals surface area contributed by atoms with Crippen LogP contribution in [-0.4, -0.2) is 46.6 Å². The lowest BCUT2D eigenvalue weighted by molar-refractivity contribution is -0.142. The standard InChI is InChI=1S/C23H27N3O5/c1-15-13-18(16(2)26(15)11-6-12-30-3)20(27)14-31-22(28)10-9-21-24-19-8-5-4-7-17(19)23(29)25-21/h4-5,7-8,13H,6,9-12,14H2,1-3H3,(H,24,25,29). The number of methoxy groups -OCH3 is 1. The van der Waals surface area contributed by atoms with Crippen molar-refractivity contribution in [2.45, 2.75) is 39.7 Å². The molecule has 164 valence electrons. The number of carbonyl (C=O) groups is 2. The molecule has 3 rings (SSSR count). The summed E-state index contributed by atoms with van der Waals surface area (Å²) >= 11 is 0. The molecule has 0 atom stereocenters. The van der Waals surface area contributed by atoms with Crippen LogP contribution in [0.3, 0.4) is 0 Å². The van der Waals surface area contributed by atoms with E-state index in [1.165, 1.54) is 0 Å². The van der Waals surface area contributed by atoms with Gasteiger partial charge in [0.25, 0.3) is 5.56 Å². The van der Waals surface area contributed by atoms with Crippen molar-refractivity contribution in [3.63, 3.8) is 0 Å². The van der Waals surface area contributed by atoms with Gasteiger partial charge in [0.05, 0.1) is 17.3 Å². The number of Topliss-reactive ketones (excluding diaryl/α,β-unsaturated/α-hetero) is 1. The van der Waals surface area contributed by atoms with E-state index in [4.69, 9.17) is 9.47 Å². The molecule has 0 saturated carbocycles. The van der Waals surface area contributed by atoms with Gasteiger partial charge in [-0.2, -0.15) is 0 Å². The Balaban J connectivity index is 1.55. The summed E-state index contributed by atoms with van der Waals surface area (Å²) in [7, 11) is 1.66. The second-order valence-electron chi connectivity index (χ2n) is 7.40. The molecular weight excluding hydrogens is 398 g/mol. The summed E-state index contributed by atoms with van der Waals surface area (Å²) < 4.78 is 12.3. The van der Waals surface area contributed by atoms with Crippen LogP contribution in [-0.2, 0) is 27.2 Å². The zero-order valence-corrected chi connectivity index (χ0v) is 18.1. The maximum absolute atomic E-state index is 12.6. The van der Waals surface area contributed by atoms with E-state index < -0.39 is 5.97 Å². The molecular formula is C23H27N3O5. The van der Waals surface area contributed by atoms with Gasteiger partial charge < -0.3 is 19.0 Å². The number of aromatic amines is 1. The molecule has 0 unspecified atom stereocenters. The van der Waals surface area contributed by atoms with Crippen LogP contribution in [0.15, 0.2) is 35.1 Å². The molecule has 8 heteroatoms. The van der Waals surface area contributed by atoms with E-state index in [1.54, 1.807) is 31.4 Å². The molecule has 1 aromatic carbocycles. The molecule has 2 aromatic heterocycles. The maximum Gasteiger partial charge on any atom is 0.306 e. The number of fused-ring (bicyclic) bond motifs is 1. The number of carbonyl (C=O) groups excluding carboxylic acids is 2. The van der Waals surface area contributed by atoms with Gasteiger partial charge in [-0.05, 0) is 38.5 Å². The number of nitrogens with zero attached hydrogens (tertiary/aromatic N) is 2. The number of rotatable bonds is 10.